The van der Waals surface area contributed by atoms with Crippen LogP contribution in [0.15, 0.2) is 18.2 Å². The number of fused-ring (bicyclic) bond motifs is 1. The summed E-state index contributed by atoms with van der Waals surface area (Å²) in [7, 11) is 0. The van der Waals surface area contributed by atoms with E-state index in [9.17, 15) is 14.3 Å². The molecule has 2 rings (SSSR count). The maximum Gasteiger partial charge on any atom is 0.309 e. The second-order valence-electron chi connectivity index (χ2n) is 6.54. The minimum Gasteiger partial charge on any atom is -0.481 e. The highest BCUT2D eigenvalue weighted by Crippen LogP contribution is 2.43. The molecule has 1 aliphatic rings. The Morgan fingerprint density at radius 2 is 2.15 bits per heavy atom. The number of aliphatic carboxylic acids is 1. The van der Waals surface area contributed by atoms with Gasteiger partial charge in [0, 0.05) is 24.2 Å². The molecule has 1 aromatic carbocycles. The van der Waals surface area contributed by atoms with Gasteiger partial charge in [-0.15, -0.1) is 0 Å². The van der Waals surface area contributed by atoms with Crippen LogP contribution < -0.4 is 4.90 Å². The monoisotopic (exact) mass is 279 g/mol. The molecule has 1 aromatic rings. The van der Waals surface area contributed by atoms with Crippen LogP contribution in [0.1, 0.15) is 45.6 Å². The second kappa shape index (κ2) is 5.08. The minimum atomic E-state index is -0.807. The average Bonchev–Trinajstić information content (AvgIpc) is 2.67. The van der Waals surface area contributed by atoms with E-state index in [1.165, 1.54) is 6.07 Å². The number of carboxylic acid groups (broad SMARTS) is 1. The van der Waals surface area contributed by atoms with E-state index in [0.717, 1.165) is 17.8 Å². The Hall–Kier alpha value is -1.58. The Morgan fingerprint density at radius 3 is 2.70 bits per heavy atom. The van der Waals surface area contributed by atoms with Crippen molar-refractivity contribution in [2.75, 3.05) is 11.4 Å². The summed E-state index contributed by atoms with van der Waals surface area (Å²) in [5.74, 6) is -1.000. The number of benzene rings is 1. The van der Waals surface area contributed by atoms with Crippen LogP contribution in [0.3, 0.4) is 0 Å². The fourth-order valence-corrected chi connectivity index (χ4v) is 2.91. The Kier molecular flexibility index (Phi) is 3.76. The highest BCUT2D eigenvalue weighted by atomic mass is 19.1. The summed E-state index contributed by atoms with van der Waals surface area (Å²) >= 11 is 0. The van der Waals surface area contributed by atoms with Gasteiger partial charge in [-0.2, -0.15) is 0 Å². The Labute approximate surface area is 119 Å². The summed E-state index contributed by atoms with van der Waals surface area (Å²) in [6, 6.07) is 5.15. The van der Waals surface area contributed by atoms with Gasteiger partial charge in [-0.05, 0) is 57.9 Å². The molecular weight excluding hydrogens is 257 g/mol. The molecule has 110 valence electrons. The fourth-order valence-electron chi connectivity index (χ4n) is 2.91. The van der Waals surface area contributed by atoms with E-state index in [2.05, 4.69) is 18.7 Å². The highest BCUT2D eigenvalue weighted by molar-refractivity contribution is 5.74. The number of anilines is 1. The van der Waals surface area contributed by atoms with Crippen molar-refractivity contribution < 1.29 is 14.3 Å². The normalized spacial score (nSPS) is 18.5. The Morgan fingerprint density at radius 1 is 1.50 bits per heavy atom. The third kappa shape index (κ3) is 2.65. The first kappa shape index (κ1) is 14.8. The number of rotatable bonds is 4. The molecule has 20 heavy (non-hydrogen) atoms. The molecule has 0 aliphatic carbocycles. The summed E-state index contributed by atoms with van der Waals surface area (Å²) in [6.45, 7) is 8.40. The van der Waals surface area contributed by atoms with Crippen molar-refractivity contribution in [1.82, 2.24) is 0 Å². The third-order valence-electron chi connectivity index (χ3n) is 4.11. The van der Waals surface area contributed by atoms with E-state index in [1.807, 2.05) is 0 Å². The van der Waals surface area contributed by atoms with Crippen molar-refractivity contribution in [2.45, 2.75) is 46.1 Å². The van der Waals surface area contributed by atoms with Crippen LogP contribution in [0.2, 0.25) is 0 Å². The SMILES string of the molecule is CC(C)N1CC(CC(C)(C)C(=O)O)c2cc(F)ccc21. The van der Waals surface area contributed by atoms with Crippen molar-refractivity contribution in [3.63, 3.8) is 0 Å². The van der Waals surface area contributed by atoms with Gasteiger partial charge in [0.2, 0.25) is 0 Å². The summed E-state index contributed by atoms with van der Waals surface area (Å²) < 4.78 is 13.5. The van der Waals surface area contributed by atoms with Crippen molar-refractivity contribution in [3.05, 3.63) is 29.6 Å². The predicted octanol–water partition coefficient (Wildman–Crippen LogP) is 3.64. The van der Waals surface area contributed by atoms with Gasteiger partial charge in [-0.1, -0.05) is 0 Å². The molecule has 1 N–H and O–H groups in total. The lowest BCUT2D eigenvalue weighted by Gasteiger charge is -2.26. The number of hydrogen-bond acceptors (Lipinski definition) is 2. The molecule has 0 aromatic heterocycles. The zero-order valence-corrected chi connectivity index (χ0v) is 12.5. The lowest BCUT2D eigenvalue weighted by atomic mass is 9.81. The van der Waals surface area contributed by atoms with E-state index in [0.29, 0.717) is 12.5 Å². The predicted molar refractivity (Wildman–Crippen MR) is 77.7 cm³/mol. The van der Waals surface area contributed by atoms with Gasteiger partial charge in [0.25, 0.3) is 0 Å². The van der Waals surface area contributed by atoms with Crippen LogP contribution in [0.25, 0.3) is 0 Å². The molecule has 4 heteroatoms. The number of nitrogens with zero attached hydrogens (tertiary/aromatic N) is 1. The van der Waals surface area contributed by atoms with Gasteiger partial charge in [0.15, 0.2) is 0 Å². The first-order valence-corrected chi connectivity index (χ1v) is 7.02. The quantitative estimate of drug-likeness (QED) is 0.914. The lowest BCUT2D eigenvalue weighted by Crippen LogP contribution is -2.32. The summed E-state index contributed by atoms with van der Waals surface area (Å²) in [4.78, 5) is 13.5. The lowest BCUT2D eigenvalue weighted by molar-refractivity contribution is -0.147. The standard InChI is InChI=1S/C16H22FNO2/c1-10(2)18-9-11(8-16(3,4)15(19)20)13-7-12(17)5-6-14(13)18/h5-7,10-11H,8-9H2,1-4H3,(H,19,20). The molecule has 0 saturated carbocycles. The first-order valence-electron chi connectivity index (χ1n) is 7.02. The van der Waals surface area contributed by atoms with E-state index >= 15 is 0 Å². The van der Waals surface area contributed by atoms with Crippen molar-refractivity contribution in [2.24, 2.45) is 5.41 Å². The third-order valence-corrected chi connectivity index (χ3v) is 4.11. The summed E-state index contributed by atoms with van der Waals surface area (Å²) in [5.41, 5.74) is 1.17. The Balaban J connectivity index is 2.34. The minimum absolute atomic E-state index is 0.0641. The largest absolute Gasteiger partial charge is 0.481 e. The molecule has 3 nitrogen and oxygen atoms in total. The van der Waals surface area contributed by atoms with E-state index in [1.54, 1.807) is 26.0 Å². The van der Waals surface area contributed by atoms with E-state index < -0.39 is 11.4 Å². The maximum absolute atomic E-state index is 13.5. The second-order valence-corrected chi connectivity index (χ2v) is 6.54. The highest BCUT2D eigenvalue weighted by Gasteiger charge is 2.37. The van der Waals surface area contributed by atoms with Crippen LogP contribution in [0, 0.1) is 11.2 Å². The van der Waals surface area contributed by atoms with Gasteiger partial charge >= 0.3 is 5.97 Å². The molecule has 1 aliphatic heterocycles. The van der Waals surface area contributed by atoms with Gasteiger partial charge in [0.05, 0.1) is 5.41 Å². The first-order chi connectivity index (χ1) is 9.22. The molecule has 0 amide bonds. The smallest absolute Gasteiger partial charge is 0.309 e. The topological polar surface area (TPSA) is 40.5 Å². The maximum atomic E-state index is 13.5. The molecule has 0 saturated heterocycles. The van der Waals surface area contributed by atoms with Crippen molar-refractivity contribution in [3.8, 4) is 0 Å². The molecular formula is C16H22FNO2. The number of hydrogen-bond donors (Lipinski definition) is 1. The zero-order valence-electron chi connectivity index (χ0n) is 12.5. The van der Waals surface area contributed by atoms with Gasteiger partial charge in [0.1, 0.15) is 5.82 Å². The fraction of sp³-hybridized carbons (Fsp3) is 0.562. The van der Waals surface area contributed by atoms with Crippen molar-refractivity contribution in [1.29, 1.82) is 0 Å². The molecule has 0 radical (unpaired) electrons. The van der Waals surface area contributed by atoms with Gasteiger partial charge in [-0.3, -0.25) is 4.79 Å². The van der Waals surface area contributed by atoms with Crippen LogP contribution in [-0.2, 0) is 4.79 Å². The summed E-state index contributed by atoms with van der Waals surface area (Å²) in [6.07, 6.45) is 0.516. The number of carboxylic acids is 1. The number of carbonyl (C=O) groups is 1. The zero-order chi connectivity index (χ0) is 15.1. The molecule has 1 unspecified atom stereocenters. The van der Waals surface area contributed by atoms with Crippen LogP contribution in [-0.4, -0.2) is 23.7 Å². The van der Waals surface area contributed by atoms with Crippen LogP contribution in [0.4, 0.5) is 10.1 Å². The van der Waals surface area contributed by atoms with Gasteiger partial charge in [-0.25, -0.2) is 4.39 Å². The van der Waals surface area contributed by atoms with E-state index in [4.69, 9.17) is 0 Å². The Bertz CT molecular complexity index is 525. The molecule has 0 fully saturated rings. The number of halogens is 1. The molecule has 0 spiro atoms. The molecule has 1 heterocycles. The van der Waals surface area contributed by atoms with E-state index in [-0.39, 0.29) is 11.7 Å². The van der Waals surface area contributed by atoms with Gasteiger partial charge < -0.3 is 10.0 Å². The molecule has 0 bridgehead atoms. The van der Waals surface area contributed by atoms with Crippen molar-refractivity contribution >= 4 is 11.7 Å². The molecule has 1 atom stereocenters. The van der Waals surface area contributed by atoms with Crippen LogP contribution in [0.5, 0.6) is 0 Å². The summed E-state index contributed by atoms with van der Waals surface area (Å²) in [5, 5.41) is 9.29. The average molecular weight is 279 g/mol. The van der Waals surface area contributed by atoms with Crippen LogP contribution >= 0.6 is 0 Å².